The second-order valence-electron chi connectivity index (χ2n) is 6.06. The number of methoxy groups -OCH3 is 1. The molecule has 0 aromatic carbocycles. The van der Waals surface area contributed by atoms with Crippen molar-refractivity contribution in [2.24, 2.45) is 0 Å². The van der Waals surface area contributed by atoms with Crippen molar-refractivity contribution in [2.45, 2.75) is 26.8 Å². The second-order valence-corrected chi connectivity index (χ2v) is 7.87. The van der Waals surface area contributed by atoms with Gasteiger partial charge in [0.1, 0.15) is 10.7 Å². The molecule has 0 fully saturated rings. The van der Waals surface area contributed by atoms with Gasteiger partial charge in [0, 0.05) is 42.4 Å². The summed E-state index contributed by atoms with van der Waals surface area (Å²) in [4.78, 5) is 22.4. The van der Waals surface area contributed by atoms with E-state index in [0.717, 1.165) is 46.1 Å². The molecule has 0 unspecified atom stereocenters. The molecule has 0 aliphatic heterocycles. The van der Waals surface area contributed by atoms with Crippen LogP contribution in [0.25, 0.3) is 20.7 Å². The Morgan fingerprint density at radius 3 is 2.73 bits per heavy atom. The minimum atomic E-state index is 0.0675. The first-order chi connectivity index (χ1) is 12.7. The molecule has 5 nitrogen and oxygen atoms in total. The summed E-state index contributed by atoms with van der Waals surface area (Å²) in [6, 6.07) is 4.08. The number of hydrogen-bond donors (Lipinski definition) is 0. The lowest BCUT2D eigenvalue weighted by molar-refractivity contribution is 0.198. The van der Waals surface area contributed by atoms with E-state index in [2.05, 4.69) is 30.2 Å². The van der Waals surface area contributed by atoms with Crippen LogP contribution in [-0.2, 0) is 17.7 Å². The van der Waals surface area contributed by atoms with Gasteiger partial charge in [-0.05, 0) is 24.5 Å². The zero-order valence-electron chi connectivity index (χ0n) is 15.5. The lowest BCUT2D eigenvalue weighted by atomic mass is 10.2. The summed E-state index contributed by atoms with van der Waals surface area (Å²) in [5.74, 6) is 0.816. The topological polar surface area (TPSA) is 47.4 Å². The number of ether oxygens (including phenoxy) is 1. The van der Waals surface area contributed by atoms with Gasteiger partial charge in [-0.1, -0.05) is 19.9 Å². The Morgan fingerprint density at radius 1 is 1.27 bits per heavy atom. The van der Waals surface area contributed by atoms with Crippen LogP contribution in [0.4, 0.5) is 0 Å². The van der Waals surface area contributed by atoms with Crippen molar-refractivity contribution in [1.29, 1.82) is 0 Å². The molecule has 3 aromatic rings. The van der Waals surface area contributed by atoms with Gasteiger partial charge in [-0.2, -0.15) is 0 Å². The minimum Gasteiger partial charge on any atom is -0.384 e. The third kappa shape index (κ3) is 3.91. The lowest BCUT2D eigenvalue weighted by Gasteiger charge is -2.20. The van der Waals surface area contributed by atoms with Crippen molar-refractivity contribution in [3.8, 4) is 10.4 Å². The first kappa shape index (κ1) is 19.2. The zero-order chi connectivity index (χ0) is 18.5. The van der Waals surface area contributed by atoms with Crippen LogP contribution in [0, 0.1) is 0 Å². The van der Waals surface area contributed by atoms with E-state index in [1.165, 1.54) is 0 Å². The van der Waals surface area contributed by atoms with Crippen LogP contribution in [0.1, 0.15) is 19.7 Å². The first-order valence-corrected chi connectivity index (χ1v) is 10.7. The van der Waals surface area contributed by atoms with Gasteiger partial charge in [0.15, 0.2) is 0 Å². The van der Waals surface area contributed by atoms with E-state index < -0.39 is 0 Å². The average molecular weight is 392 g/mol. The molecule has 0 amide bonds. The molecule has 140 valence electrons. The smallest absolute Gasteiger partial charge is 0.262 e. The van der Waals surface area contributed by atoms with Gasteiger partial charge in [-0.15, -0.1) is 22.7 Å². The summed E-state index contributed by atoms with van der Waals surface area (Å²) >= 11 is 3.20. The molecular formula is C19H25N3O2S2. The Labute approximate surface area is 161 Å². The van der Waals surface area contributed by atoms with Crippen LogP contribution in [0.2, 0.25) is 0 Å². The molecule has 7 heteroatoms. The number of likely N-dealkylation sites (N-methyl/N-ethyl adjacent to an activating group) is 1. The molecule has 0 radical (unpaired) electrons. The summed E-state index contributed by atoms with van der Waals surface area (Å²) in [5.41, 5.74) is 1.07. The Morgan fingerprint density at radius 2 is 2.08 bits per heavy atom. The van der Waals surface area contributed by atoms with E-state index in [4.69, 9.17) is 9.72 Å². The quantitative estimate of drug-likeness (QED) is 0.558. The molecule has 0 saturated heterocycles. The van der Waals surface area contributed by atoms with Crippen molar-refractivity contribution < 1.29 is 4.74 Å². The monoisotopic (exact) mass is 391 g/mol. The summed E-state index contributed by atoms with van der Waals surface area (Å²) < 4.78 is 7.07. The molecule has 0 N–H and O–H groups in total. The van der Waals surface area contributed by atoms with Gasteiger partial charge in [0.25, 0.3) is 5.56 Å². The third-order valence-corrected chi connectivity index (χ3v) is 6.40. The van der Waals surface area contributed by atoms with Crippen molar-refractivity contribution >= 4 is 32.9 Å². The van der Waals surface area contributed by atoms with Crippen molar-refractivity contribution in [1.82, 2.24) is 14.5 Å². The standard InChI is InChI=1S/C19H25N3O2S2/c1-4-21(5-2)9-10-22-16(8-11-24-3)20-18-17(19(22)23)14(13-26-18)15-7-6-12-25-15/h6-7,12-13H,4-5,8-11H2,1-3H3. The molecule has 0 aliphatic rings. The maximum Gasteiger partial charge on any atom is 0.262 e. The van der Waals surface area contributed by atoms with Gasteiger partial charge in [-0.25, -0.2) is 4.98 Å². The van der Waals surface area contributed by atoms with Crippen molar-refractivity contribution in [3.05, 3.63) is 39.1 Å². The lowest BCUT2D eigenvalue weighted by Crippen LogP contribution is -2.33. The fourth-order valence-corrected chi connectivity index (χ4v) is 4.85. The number of nitrogens with zero attached hydrogens (tertiary/aromatic N) is 3. The fourth-order valence-electron chi connectivity index (χ4n) is 3.08. The molecule has 0 saturated carbocycles. The highest BCUT2D eigenvalue weighted by Gasteiger charge is 2.17. The Kier molecular flexibility index (Phi) is 6.58. The maximum atomic E-state index is 13.4. The van der Waals surface area contributed by atoms with Crippen LogP contribution in [-0.4, -0.2) is 47.8 Å². The Balaban J connectivity index is 2.07. The van der Waals surface area contributed by atoms with E-state index >= 15 is 0 Å². The molecule has 0 atom stereocenters. The molecule has 0 bridgehead atoms. The summed E-state index contributed by atoms with van der Waals surface area (Å²) in [6.45, 7) is 8.31. The highest BCUT2D eigenvalue weighted by atomic mass is 32.1. The number of thiophene rings is 2. The Hall–Kier alpha value is -1.54. The molecule has 0 spiro atoms. The van der Waals surface area contributed by atoms with E-state index in [9.17, 15) is 4.79 Å². The SMILES string of the molecule is CCN(CC)CCn1c(CCOC)nc2scc(-c3cccs3)c2c1=O. The van der Waals surface area contributed by atoms with E-state index in [1.807, 2.05) is 16.0 Å². The molecule has 3 aromatic heterocycles. The minimum absolute atomic E-state index is 0.0675. The largest absolute Gasteiger partial charge is 0.384 e. The second kappa shape index (κ2) is 8.90. The van der Waals surface area contributed by atoms with E-state index in [0.29, 0.717) is 19.6 Å². The summed E-state index contributed by atoms with van der Waals surface area (Å²) in [5, 5.41) is 4.84. The predicted molar refractivity (Wildman–Crippen MR) is 111 cm³/mol. The highest BCUT2D eigenvalue weighted by molar-refractivity contribution is 7.18. The van der Waals surface area contributed by atoms with Crippen LogP contribution in [0.5, 0.6) is 0 Å². The van der Waals surface area contributed by atoms with Crippen LogP contribution in [0.15, 0.2) is 27.7 Å². The average Bonchev–Trinajstić information content (AvgIpc) is 3.31. The fraction of sp³-hybridized carbons (Fsp3) is 0.474. The summed E-state index contributed by atoms with van der Waals surface area (Å²) in [7, 11) is 1.68. The maximum absolute atomic E-state index is 13.4. The number of fused-ring (bicyclic) bond motifs is 1. The van der Waals surface area contributed by atoms with Crippen molar-refractivity contribution in [2.75, 3.05) is 33.4 Å². The van der Waals surface area contributed by atoms with Gasteiger partial charge in [-0.3, -0.25) is 9.36 Å². The molecule has 3 rings (SSSR count). The molecule has 26 heavy (non-hydrogen) atoms. The highest BCUT2D eigenvalue weighted by Crippen LogP contribution is 2.33. The number of rotatable bonds is 9. The van der Waals surface area contributed by atoms with Gasteiger partial charge in [0.05, 0.1) is 12.0 Å². The van der Waals surface area contributed by atoms with Gasteiger partial charge in [0.2, 0.25) is 0 Å². The zero-order valence-corrected chi connectivity index (χ0v) is 17.2. The van der Waals surface area contributed by atoms with E-state index in [1.54, 1.807) is 29.8 Å². The number of aromatic nitrogens is 2. The first-order valence-electron chi connectivity index (χ1n) is 8.95. The van der Waals surface area contributed by atoms with Crippen LogP contribution in [0.3, 0.4) is 0 Å². The van der Waals surface area contributed by atoms with E-state index in [-0.39, 0.29) is 5.56 Å². The number of hydrogen-bond acceptors (Lipinski definition) is 6. The van der Waals surface area contributed by atoms with Crippen LogP contribution < -0.4 is 5.56 Å². The molecular weight excluding hydrogens is 366 g/mol. The Bertz CT molecular complexity index is 896. The van der Waals surface area contributed by atoms with Gasteiger partial charge < -0.3 is 9.64 Å². The summed E-state index contributed by atoms with van der Waals surface area (Å²) in [6.07, 6.45) is 0.645. The van der Waals surface area contributed by atoms with Crippen LogP contribution >= 0.6 is 22.7 Å². The third-order valence-electron chi connectivity index (χ3n) is 4.62. The van der Waals surface area contributed by atoms with Crippen molar-refractivity contribution in [3.63, 3.8) is 0 Å². The predicted octanol–water partition coefficient (Wildman–Crippen LogP) is 3.72. The normalized spacial score (nSPS) is 11.7. The molecule has 0 aliphatic carbocycles. The molecule has 3 heterocycles. The van der Waals surface area contributed by atoms with Gasteiger partial charge >= 0.3 is 0 Å².